The highest BCUT2D eigenvalue weighted by Crippen LogP contribution is 2.37. The van der Waals surface area contributed by atoms with Crippen LogP contribution in [0.15, 0.2) is 120 Å². The van der Waals surface area contributed by atoms with Crippen molar-refractivity contribution < 1.29 is 28.6 Å². The molecule has 0 N–H and O–H groups in total. The summed E-state index contributed by atoms with van der Waals surface area (Å²) in [5.74, 6) is 0. The van der Waals surface area contributed by atoms with Crippen LogP contribution >= 0.6 is 11.8 Å². The summed E-state index contributed by atoms with van der Waals surface area (Å²) in [6.45, 7) is 4.86. The zero-order valence-electron chi connectivity index (χ0n) is 26.8. The Morgan fingerprint density at radius 3 is 2.02 bits per heavy atom. The van der Waals surface area contributed by atoms with Crippen LogP contribution in [0.4, 0.5) is 0 Å². The minimum Gasteiger partial charge on any atom is -0.374 e. The van der Waals surface area contributed by atoms with Crippen molar-refractivity contribution in [3.63, 3.8) is 0 Å². The van der Waals surface area contributed by atoms with Crippen LogP contribution in [-0.2, 0) is 43.5 Å². The molecule has 1 unspecified atom stereocenters. The van der Waals surface area contributed by atoms with Crippen molar-refractivity contribution in [2.75, 3.05) is 6.61 Å². The number of hydrogen-bond acceptors (Lipinski definition) is 9. The molecule has 9 nitrogen and oxygen atoms in total. The minimum atomic E-state index is -1.36. The van der Waals surface area contributed by atoms with Gasteiger partial charge < -0.3 is 23.7 Å². The highest BCUT2D eigenvalue weighted by Gasteiger charge is 2.44. The second-order valence-electron chi connectivity index (χ2n) is 11.8. The molecule has 10 heteroatoms. The smallest absolute Gasteiger partial charge is 0.272 e. The molecular weight excluding hydrogens is 616 g/mol. The fraction of sp³-hybridized carbons (Fsp3) is 0.378. The molecular formula is C37H42N2O7S. The van der Waals surface area contributed by atoms with Gasteiger partial charge in [0, 0.05) is 24.5 Å². The Labute approximate surface area is 280 Å². The van der Waals surface area contributed by atoms with Crippen molar-refractivity contribution in [3.8, 4) is 0 Å². The van der Waals surface area contributed by atoms with Crippen molar-refractivity contribution >= 4 is 11.8 Å². The van der Waals surface area contributed by atoms with Crippen LogP contribution < -0.4 is 0 Å². The van der Waals surface area contributed by atoms with Gasteiger partial charge in [0.2, 0.25) is 0 Å². The number of pyridine rings is 1. The summed E-state index contributed by atoms with van der Waals surface area (Å²) in [7, 11) is 0. The first-order valence-corrected chi connectivity index (χ1v) is 16.7. The lowest BCUT2D eigenvalue weighted by Crippen LogP contribution is -2.53. The molecule has 6 atom stereocenters. The van der Waals surface area contributed by atoms with E-state index in [1.54, 1.807) is 25.3 Å². The van der Waals surface area contributed by atoms with E-state index in [2.05, 4.69) is 4.98 Å². The maximum Gasteiger partial charge on any atom is 0.272 e. The Balaban J connectivity index is 1.32. The van der Waals surface area contributed by atoms with Gasteiger partial charge in [0.05, 0.1) is 45.1 Å². The Morgan fingerprint density at radius 2 is 1.45 bits per heavy atom. The van der Waals surface area contributed by atoms with E-state index in [0.717, 1.165) is 28.5 Å². The van der Waals surface area contributed by atoms with Crippen molar-refractivity contribution in [1.29, 1.82) is 0 Å². The van der Waals surface area contributed by atoms with Crippen molar-refractivity contribution in [1.82, 2.24) is 4.98 Å². The van der Waals surface area contributed by atoms with E-state index in [1.807, 2.05) is 104 Å². The van der Waals surface area contributed by atoms with Crippen LogP contribution in [0.25, 0.3) is 0 Å². The molecule has 0 spiro atoms. The number of ether oxygens (including phenoxy) is 5. The van der Waals surface area contributed by atoms with E-state index in [0.29, 0.717) is 31.3 Å². The predicted octanol–water partition coefficient (Wildman–Crippen LogP) is 7.46. The summed E-state index contributed by atoms with van der Waals surface area (Å²) >= 11 is 1.11. The zero-order valence-corrected chi connectivity index (χ0v) is 27.6. The van der Waals surface area contributed by atoms with Crippen LogP contribution in [0, 0.1) is 10.1 Å². The van der Waals surface area contributed by atoms with Gasteiger partial charge in [-0.3, -0.25) is 10.1 Å². The first kappa shape index (κ1) is 34.7. The Hall–Kier alpha value is -3.64. The fourth-order valence-corrected chi connectivity index (χ4v) is 6.63. The molecule has 0 amide bonds. The third kappa shape index (κ3) is 10.7. The summed E-state index contributed by atoms with van der Waals surface area (Å²) in [6, 6.07) is 35.3. The van der Waals surface area contributed by atoms with Gasteiger partial charge in [0.15, 0.2) is 6.29 Å². The maximum atomic E-state index is 12.3. The number of rotatable bonds is 17. The number of benzene rings is 3. The van der Waals surface area contributed by atoms with Crippen molar-refractivity contribution in [2.45, 2.75) is 87.1 Å². The van der Waals surface area contributed by atoms with E-state index < -0.39 is 29.5 Å². The molecule has 1 saturated heterocycles. The lowest BCUT2D eigenvalue weighted by molar-refractivity contribution is -0.537. The van der Waals surface area contributed by atoms with Gasteiger partial charge in [-0.25, -0.2) is 4.98 Å². The topological polar surface area (TPSA) is 102 Å². The van der Waals surface area contributed by atoms with Gasteiger partial charge in [0.1, 0.15) is 17.2 Å². The molecule has 1 fully saturated rings. The summed E-state index contributed by atoms with van der Waals surface area (Å²) in [5, 5.41) is 12.8. The van der Waals surface area contributed by atoms with Crippen LogP contribution in [0.5, 0.6) is 0 Å². The molecule has 0 aliphatic carbocycles. The number of thioether (sulfide) groups is 1. The third-order valence-corrected chi connectivity index (χ3v) is 9.07. The zero-order chi connectivity index (χ0) is 32.9. The second kappa shape index (κ2) is 17.5. The molecule has 2 heterocycles. The SMILES string of the molecule is C[C@H](CC(C)(Sc1ccccn1)[N+](=O)[O-])O[C@@H]1C[C@@H](OCc2ccccc2)[C@H](OCc2ccccc2)[C@@H](COCc2ccccc2)O1. The quantitative estimate of drug-likeness (QED) is 0.0495. The van der Waals surface area contributed by atoms with Gasteiger partial charge in [-0.1, -0.05) is 97.1 Å². The predicted molar refractivity (Wildman–Crippen MR) is 180 cm³/mol. The normalized spacial score (nSPS) is 21.5. The van der Waals surface area contributed by atoms with E-state index >= 15 is 0 Å². The lowest BCUT2D eigenvalue weighted by Gasteiger charge is -2.42. The molecule has 0 bridgehead atoms. The van der Waals surface area contributed by atoms with Gasteiger partial charge in [-0.15, -0.1) is 0 Å². The van der Waals surface area contributed by atoms with Crippen molar-refractivity contribution in [3.05, 3.63) is 142 Å². The number of nitrogens with zero attached hydrogens (tertiary/aromatic N) is 2. The van der Waals surface area contributed by atoms with Crippen LogP contribution in [-0.4, -0.2) is 52.1 Å². The van der Waals surface area contributed by atoms with Crippen molar-refractivity contribution in [2.24, 2.45) is 0 Å². The Bertz CT molecular complexity index is 1490. The fourth-order valence-electron chi connectivity index (χ4n) is 5.53. The van der Waals surface area contributed by atoms with Gasteiger partial charge in [-0.2, -0.15) is 0 Å². The first-order valence-electron chi connectivity index (χ1n) is 15.9. The Morgan fingerprint density at radius 1 is 0.872 bits per heavy atom. The number of nitro groups is 1. The average Bonchev–Trinajstić information content (AvgIpc) is 3.08. The van der Waals surface area contributed by atoms with Crippen LogP contribution in [0.1, 0.15) is 43.4 Å². The van der Waals surface area contributed by atoms with Crippen LogP contribution in [0.3, 0.4) is 0 Å². The number of aromatic nitrogens is 1. The molecule has 0 saturated carbocycles. The van der Waals surface area contributed by atoms with Gasteiger partial charge in [-0.05, 0) is 47.5 Å². The minimum absolute atomic E-state index is 0.139. The lowest BCUT2D eigenvalue weighted by atomic mass is 10.0. The second-order valence-corrected chi connectivity index (χ2v) is 13.3. The maximum absolute atomic E-state index is 12.3. The number of hydrogen-bond donors (Lipinski definition) is 0. The summed E-state index contributed by atoms with van der Waals surface area (Å²) < 4.78 is 32.2. The monoisotopic (exact) mass is 658 g/mol. The first-order chi connectivity index (χ1) is 22.9. The molecule has 0 radical (unpaired) electrons. The Kier molecular flexibility index (Phi) is 12.9. The highest BCUT2D eigenvalue weighted by atomic mass is 32.2. The van der Waals surface area contributed by atoms with Crippen LogP contribution in [0.2, 0.25) is 0 Å². The van der Waals surface area contributed by atoms with Gasteiger partial charge in [0.25, 0.3) is 4.87 Å². The third-order valence-electron chi connectivity index (χ3n) is 7.87. The molecule has 1 aromatic heterocycles. The molecule has 47 heavy (non-hydrogen) atoms. The van der Waals surface area contributed by atoms with Gasteiger partial charge >= 0.3 is 0 Å². The highest BCUT2D eigenvalue weighted by molar-refractivity contribution is 8.00. The average molecular weight is 659 g/mol. The van der Waals surface area contributed by atoms with E-state index in [-0.39, 0.29) is 24.1 Å². The summed E-state index contributed by atoms with van der Waals surface area (Å²) in [5.41, 5.74) is 3.12. The largest absolute Gasteiger partial charge is 0.374 e. The molecule has 1 aliphatic rings. The molecule has 4 aromatic rings. The summed E-state index contributed by atoms with van der Waals surface area (Å²) in [6.07, 6.45) is -0.400. The molecule has 5 rings (SSSR count). The molecule has 248 valence electrons. The van der Waals surface area contributed by atoms with E-state index in [4.69, 9.17) is 23.7 Å². The standard InChI is InChI=1S/C37H42N2O7S/c1-28(23-37(2,39(40)41)47-34-20-12-13-21-38-34)45-35-22-32(43-25-30-16-8-4-9-17-30)36(44-26-31-18-10-5-11-19-31)33(46-35)27-42-24-29-14-6-3-7-15-29/h3-21,28,32-33,35-36H,22-27H2,1-2H3/t28-,32-,33-,35+,36+,37?/m1/s1. The van der Waals surface area contributed by atoms with E-state index in [1.165, 1.54) is 0 Å². The van der Waals surface area contributed by atoms with E-state index in [9.17, 15) is 10.1 Å². The summed E-state index contributed by atoms with van der Waals surface area (Å²) in [4.78, 5) is 14.9. The molecule has 3 aromatic carbocycles. The molecule has 1 aliphatic heterocycles.